The lowest BCUT2D eigenvalue weighted by atomic mass is 10.3. The Morgan fingerprint density at radius 2 is 2.50 bits per heavy atom. The molecule has 1 nitrogen and oxygen atoms in total. The second-order valence-electron chi connectivity index (χ2n) is 2.22. The highest BCUT2D eigenvalue weighted by molar-refractivity contribution is 7.09. The summed E-state index contributed by atoms with van der Waals surface area (Å²) >= 11 is 1.83. The van der Waals surface area contributed by atoms with Gasteiger partial charge in [0.1, 0.15) is 0 Å². The van der Waals surface area contributed by atoms with Gasteiger partial charge in [0.15, 0.2) is 0 Å². The molecule has 0 aromatic carbocycles. The van der Waals surface area contributed by atoms with Crippen molar-refractivity contribution in [2.45, 2.75) is 12.8 Å². The Bertz CT molecular complexity index is 158. The van der Waals surface area contributed by atoms with Gasteiger partial charge in [-0.15, -0.1) is 11.3 Å². The van der Waals surface area contributed by atoms with Crippen LogP contribution in [0.2, 0.25) is 0 Å². The van der Waals surface area contributed by atoms with E-state index in [-0.39, 0.29) is 0 Å². The first kappa shape index (κ1) is 7.76. The zero-order valence-electron chi connectivity index (χ0n) is 6.21. The van der Waals surface area contributed by atoms with E-state index in [1.54, 1.807) is 0 Å². The molecule has 0 aliphatic rings. The molecule has 1 aromatic heterocycles. The van der Waals surface area contributed by atoms with Crippen LogP contribution >= 0.6 is 11.3 Å². The fourth-order valence-electron chi connectivity index (χ4n) is 0.866. The van der Waals surface area contributed by atoms with Crippen LogP contribution in [0.4, 0.5) is 0 Å². The van der Waals surface area contributed by atoms with Crippen molar-refractivity contribution >= 4 is 11.3 Å². The molecule has 0 spiro atoms. The first-order valence-corrected chi connectivity index (χ1v) is 4.39. The highest BCUT2D eigenvalue weighted by atomic mass is 32.1. The Balaban J connectivity index is 2.15. The van der Waals surface area contributed by atoms with Crippen molar-refractivity contribution in [3.63, 3.8) is 0 Å². The van der Waals surface area contributed by atoms with E-state index in [1.807, 2.05) is 18.4 Å². The van der Waals surface area contributed by atoms with E-state index in [0.29, 0.717) is 0 Å². The fraction of sp³-hybridized carbons (Fsp3) is 0.500. The Labute approximate surface area is 66.1 Å². The van der Waals surface area contributed by atoms with Crippen molar-refractivity contribution in [1.82, 2.24) is 5.32 Å². The molecule has 1 rings (SSSR count). The summed E-state index contributed by atoms with van der Waals surface area (Å²) in [6, 6.07) is 4.28. The molecule has 0 unspecified atom stereocenters. The lowest BCUT2D eigenvalue weighted by Crippen LogP contribution is -1.99. The highest BCUT2D eigenvalue weighted by Gasteiger charge is 1.91. The summed E-state index contributed by atoms with van der Waals surface area (Å²) in [7, 11) is 1.87. The summed E-state index contributed by atoms with van der Waals surface area (Å²) in [5, 5.41) is 6.16. The number of thiophene rings is 1. The number of hydrogen-bond donors (Lipinski definition) is 0. The Morgan fingerprint density at radius 1 is 1.60 bits per heavy atom. The van der Waals surface area contributed by atoms with Crippen molar-refractivity contribution in [2.75, 3.05) is 13.6 Å². The molecule has 0 fully saturated rings. The van der Waals surface area contributed by atoms with Gasteiger partial charge in [-0.2, -0.15) is 0 Å². The van der Waals surface area contributed by atoms with Crippen LogP contribution < -0.4 is 5.32 Å². The average molecular weight is 154 g/mol. The fourth-order valence-corrected chi connectivity index (χ4v) is 1.62. The number of hydrogen-bond acceptors (Lipinski definition) is 1. The maximum Gasteiger partial charge on any atom is 0.0133 e. The van der Waals surface area contributed by atoms with Gasteiger partial charge >= 0.3 is 0 Å². The van der Waals surface area contributed by atoms with Crippen molar-refractivity contribution in [3.8, 4) is 0 Å². The third-order valence-corrected chi connectivity index (χ3v) is 2.32. The number of nitrogens with zero attached hydrogens (tertiary/aromatic N) is 1. The lowest BCUT2D eigenvalue weighted by molar-refractivity contribution is 0.718. The molecule has 0 atom stereocenters. The molecule has 0 N–H and O–H groups in total. The maximum atomic E-state index is 4.04. The van der Waals surface area contributed by atoms with E-state index >= 15 is 0 Å². The predicted octanol–water partition coefficient (Wildman–Crippen LogP) is 1.91. The Hall–Kier alpha value is -0.340. The minimum absolute atomic E-state index is 0.998. The minimum atomic E-state index is 0.998. The van der Waals surface area contributed by atoms with Gasteiger partial charge in [0.2, 0.25) is 0 Å². The first-order chi connectivity index (χ1) is 4.93. The summed E-state index contributed by atoms with van der Waals surface area (Å²) in [5.74, 6) is 0. The minimum Gasteiger partial charge on any atom is -0.245 e. The van der Waals surface area contributed by atoms with E-state index < -0.39 is 0 Å². The molecule has 0 aliphatic carbocycles. The Morgan fingerprint density at radius 3 is 3.10 bits per heavy atom. The van der Waals surface area contributed by atoms with Gasteiger partial charge in [0, 0.05) is 18.5 Å². The monoisotopic (exact) mass is 154 g/mol. The van der Waals surface area contributed by atoms with Crippen molar-refractivity contribution < 1.29 is 0 Å². The van der Waals surface area contributed by atoms with Gasteiger partial charge in [0.25, 0.3) is 0 Å². The third kappa shape index (κ3) is 2.50. The van der Waals surface area contributed by atoms with Gasteiger partial charge in [-0.25, -0.2) is 5.32 Å². The van der Waals surface area contributed by atoms with E-state index in [2.05, 4.69) is 22.8 Å². The molecule has 0 saturated carbocycles. The normalized spacial score (nSPS) is 10.1. The van der Waals surface area contributed by atoms with E-state index in [4.69, 9.17) is 0 Å². The molecule has 1 heterocycles. The second kappa shape index (κ2) is 4.47. The highest BCUT2D eigenvalue weighted by Crippen LogP contribution is 2.09. The molecule has 0 bridgehead atoms. The molecular weight excluding hydrogens is 142 g/mol. The Kier molecular flexibility index (Phi) is 3.47. The van der Waals surface area contributed by atoms with Gasteiger partial charge in [-0.05, 0) is 24.3 Å². The van der Waals surface area contributed by atoms with Crippen molar-refractivity contribution in [2.24, 2.45) is 0 Å². The summed E-state index contributed by atoms with van der Waals surface area (Å²) in [6.07, 6.45) is 2.38. The van der Waals surface area contributed by atoms with Gasteiger partial charge < -0.3 is 0 Å². The maximum absolute atomic E-state index is 4.04. The first-order valence-electron chi connectivity index (χ1n) is 3.51. The summed E-state index contributed by atoms with van der Waals surface area (Å²) in [5.41, 5.74) is 0. The molecule has 0 amide bonds. The average Bonchev–Trinajstić information content (AvgIpc) is 2.41. The zero-order chi connectivity index (χ0) is 7.23. The quantitative estimate of drug-likeness (QED) is 0.588. The molecular formula is C8H12NS. The van der Waals surface area contributed by atoms with Gasteiger partial charge in [-0.3, -0.25) is 0 Å². The topological polar surface area (TPSA) is 14.1 Å². The van der Waals surface area contributed by atoms with Crippen molar-refractivity contribution in [1.29, 1.82) is 0 Å². The third-order valence-electron chi connectivity index (χ3n) is 1.38. The standard InChI is InChI=1S/C8H12NS/c1-9-6-2-4-8-5-3-7-10-8/h3,5,7H,2,4,6H2,1H3. The lowest BCUT2D eigenvalue weighted by Gasteiger charge is -1.93. The van der Waals surface area contributed by atoms with Crippen LogP contribution in [-0.2, 0) is 6.42 Å². The number of aryl methyl sites for hydroxylation is 1. The second-order valence-corrected chi connectivity index (χ2v) is 3.25. The molecule has 10 heavy (non-hydrogen) atoms. The SMILES string of the molecule is C[N]CCCc1cccs1. The smallest absolute Gasteiger partial charge is 0.0133 e. The van der Waals surface area contributed by atoms with Crippen LogP contribution in [-0.4, -0.2) is 13.6 Å². The number of rotatable bonds is 4. The summed E-state index contributed by atoms with van der Waals surface area (Å²) < 4.78 is 0. The molecule has 0 saturated heterocycles. The molecule has 0 aliphatic heterocycles. The molecule has 2 heteroatoms. The van der Waals surface area contributed by atoms with Gasteiger partial charge in [0.05, 0.1) is 0 Å². The van der Waals surface area contributed by atoms with E-state index in [0.717, 1.165) is 6.54 Å². The largest absolute Gasteiger partial charge is 0.245 e. The van der Waals surface area contributed by atoms with Crippen LogP contribution in [0.5, 0.6) is 0 Å². The van der Waals surface area contributed by atoms with Crippen molar-refractivity contribution in [3.05, 3.63) is 22.4 Å². The van der Waals surface area contributed by atoms with Crippen LogP contribution in [0.15, 0.2) is 17.5 Å². The molecule has 1 aromatic rings. The zero-order valence-corrected chi connectivity index (χ0v) is 7.03. The predicted molar refractivity (Wildman–Crippen MR) is 45.6 cm³/mol. The van der Waals surface area contributed by atoms with Crippen LogP contribution in [0, 0.1) is 0 Å². The molecule has 1 radical (unpaired) electrons. The van der Waals surface area contributed by atoms with E-state index in [1.165, 1.54) is 17.7 Å². The van der Waals surface area contributed by atoms with E-state index in [9.17, 15) is 0 Å². The van der Waals surface area contributed by atoms with Gasteiger partial charge in [-0.1, -0.05) is 6.07 Å². The summed E-state index contributed by atoms with van der Waals surface area (Å²) in [4.78, 5) is 1.48. The van der Waals surface area contributed by atoms with Crippen LogP contribution in [0.1, 0.15) is 11.3 Å². The van der Waals surface area contributed by atoms with Crippen LogP contribution in [0.3, 0.4) is 0 Å². The summed E-state index contributed by atoms with van der Waals surface area (Å²) in [6.45, 7) is 0.998. The van der Waals surface area contributed by atoms with Crippen LogP contribution in [0.25, 0.3) is 0 Å². The molecule has 55 valence electrons.